The molecule has 35 heavy (non-hydrogen) atoms. The van der Waals surface area contributed by atoms with Crippen molar-refractivity contribution in [3.05, 3.63) is 94.1 Å². The van der Waals surface area contributed by atoms with Crippen LogP contribution in [-0.4, -0.2) is 22.4 Å². The van der Waals surface area contributed by atoms with E-state index < -0.39 is 17.7 Å². The number of aromatic nitrogens is 1. The van der Waals surface area contributed by atoms with Gasteiger partial charge in [-0.3, -0.25) is 19.8 Å². The van der Waals surface area contributed by atoms with E-state index in [4.69, 9.17) is 11.6 Å². The Balaban J connectivity index is 1.60. The van der Waals surface area contributed by atoms with Crippen LogP contribution in [-0.2, 0) is 16.0 Å². The van der Waals surface area contributed by atoms with Gasteiger partial charge in [-0.15, -0.1) is 0 Å². The van der Waals surface area contributed by atoms with Crippen LogP contribution >= 0.6 is 11.6 Å². The zero-order chi connectivity index (χ0) is 25.1. The van der Waals surface area contributed by atoms with E-state index in [2.05, 4.69) is 16.1 Å². The van der Waals surface area contributed by atoms with E-state index in [1.165, 1.54) is 4.68 Å². The summed E-state index contributed by atoms with van der Waals surface area (Å²) in [4.78, 5) is 38.5. The van der Waals surface area contributed by atoms with Gasteiger partial charge in [-0.25, -0.2) is 4.68 Å². The highest BCUT2D eigenvalue weighted by atomic mass is 35.5. The normalized spacial score (nSPS) is 10.7. The molecule has 0 aliphatic rings. The number of nitrogens with one attached hydrogen (secondary N) is 3. The van der Waals surface area contributed by atoms with Crippen molar-refractivity contribution < 1.29 is 14.4 Å². The van der Waals surface area contributed by atoms with Crippen molar-refractivity contribution in [1.82, 2.24) is 4.68 Å². The Bertz CT molecular complexity index is 1440. The van der Waals surface area contributed by atoms with E-state index in [9.17, 15) is 14.4 Å². The van der Waals surface area contributed by atoms with Gasteiger partial charge in [-0.1, -0.05) is 36.7 Å². The number of nitrogens with zero attached hydrogens (tertiary/aromatic N) is 1. The topological polar surface area (TPSA) is 92.2 Å². The smallest absolute Gasteiger partial charge is 0.321 e. The number of benzene rings is 3. The van der Waals surface area contributed by atoms with E-state index >= 15 is 0 Å². The van der Waals surface area contributed by atoms with Crippen molar-refractivity contribution in [3.8, 4) is 0 Å². The van der Waals surface area contributed by atoms with Gasteiger partial charge >= 0.3 is 11.8 Å². The summed E-state index contributed by atoms with van der Waals surface area (Å²) in [7, 11) is 0. The molecule has 0 radical (unpaired) electrons. The van der Waals surface area contributed by atoms with Crippen LogP contribution in [0.15, 0.2) is 66.7 Å². The van der Waals surface area contributed by atoms with Crippen molar-refractivity contribution in [2.75, 3.05) is 16.1 Å². The molecule has 0 atom stereocenters. The molecule has 0 spiro atoms. The average Bonchev–Trinajstić information content (AvgIpc) is 3.19. The maximum atomic E-state index is 13.2. The van der Waals surface area contributed by atoms with Crippen LogP contribution in [0.2, 0.25) is 5.02 Å². The summed E-state index contributed by atoms with van der Waals surface area (Å²) >= 11 is 6.13. The molecule has 0 unspecified atom stereocenters. The van der Waals surface area contributed by atoms with Gasteiger partial charge in [-0.05, 0) is 85.5 Å². The Morgan fingerprint density at radius 2 is 1.51 bits per heavy atom. The summed E-state index contributed by atoms with van der Waals surface area (Å²) < 4.78 is 1.30. The summed E-state index contributed by atoms with van der Waals surface area (Å²) in [5, 5.41) is 6.55. The van der Waals surface area contributed by atoms with Crippen LogP contribution < -0.4 is 16.1 Å². The molecule has 0 bridgehead atoms. The second kappa shape index (κ2) is 10.0. The second-order valence-electron chi connectivity index (χ2n) is 8.27. The Morgan fingerprint density at radius 1 is 0.800 bits per heavy atom. The summed E-state index contributed by atoms with van der Waals surface area (Å²) in [5.74, 6) is -2.22. The van der Waals surface area contributed by atoms with Gasteiger partial charge in [0, 0.05) is 21.8 Å². The first-order valence-electron chi connectivity index (χ1n) is 11.2. The van der Waals surface area contributed by atoms with Gasteiger partial charge in [0.25, 0.3) is 5.91 Å². The minimum atomic E-state index is -0.919. The fourth-order valence-corrected chi connectivity index (χ4v) is 3.83. The number of carbonyl (C=O) groups is 3. The minimum absolute atomic E-state index is 0.147. The molecule has 0 saturated heterocycles. The standard InChI is InChI=1S/C27H25ClN4O3/c1-4-18-6-10-21(11-7-18)29-26(34)27(35)31-32-23-12-8-20(28)14-19(23)15-24(32)25(33)30-22-9-5-16(2)17(3)13-22/h5-15H,4H2,1-3H3,(H,29,34)(H,30,33)(H,31,35). The van der Waals surface area contributed by atoms with Gasteiger partial charge in [0.05, 0.1) is 5.52 Å². The first-order chi connectivity index (χ1) is 16.7. The number of aryl methyl sites for hydroxylation is 3. The lowest BCUT2D eigenvalue weighted by Gasteiger charge is -2.13. The predicted octanol–water partition coefficient (Wildman–Crippen LogP) is 5.44. The highest BCUT2D eigenvalue weighted by Crippen LogP contribution is 2.24. The number of fused-ring (bicyclic) bond motifs is 1. The molecule has 3 N–H and O–H groups in total. The molecule has 0 aliphatic heterocycles. The SMILES string of the molecule is CCc1ccc(NC(=O)C(=O)Nn2c(C(=O)Nc3ccc(C)c(C)c3)cc3cc(Cl)ccc32)cc1. The fraction of sp³-hybridized carbons (Fsp3) is 0.148. The lowest BCUT2D eigenvalue weighted by atomic mass is 10.1. The summed E-state index contributed by atoms with van der Waals surface area (Å²) in [6.45, 7) is 5.98. The van der Waals surface area contributed by atoms with Gasteiger partial charge in [0.1, 0.15) is 5.69 Å². The maximum Gasteiger partial charge on any atom is 0.328 e. The number of rotatable bonds is 5. The number of hydrogen-bond donors (Lipinski definition) is 3. The quantitative estimate of drug-likeness (QED) is 0.327. The van der Waals surface area contributed by atoms with Gasteiger partial charge in [0.15, 0.2) is 0 Å². The molecule has 178 valence electrons. The number of carbonyl (C=O) groups excluding carboxylic acids is 3. The Morgan fingerprint density at radius 3 is 2.20 bits per heavy atom. The Kier molecular flexibility index (Phi) is 6.89. The minimum Gasteiger partial charge on any atom is -0.321 e. The van der Waals surface area contributed by atoms with E-state index in [0.29, 0.717) is 27.3 Å². The Hall–Kier alpha value is -4.10. The molecular weight excluding hydrogens is 464 g/mol. The van der Waals surface area contributed by atoms with Crippen LogP contribution in [0, 0.1) is 13.8 Å². The van der Waals surface area contributed by atoms with Crippen LogP contribution in [0.25, 0.3) is 10.9 Å². The molecule has 1 aromatic heterocycles. The van der Waals surface area contributed by atoms with Gasteiger partial charge < -0.3 is 10.6 Å². The van der Waals surface area contributed by atoms with Crippen LogP contribution in [0.1, 0.15) is 34.1 Å². The molecule has 0 saturated carbocycles. The maximum absolute atomic E-state index is 13.2. The third kappa shape index (κ3) is 5.36. The number of amides is 3. The van der Waals surface area contributed by atoms with Gasteiger partial charge in [-0.2, -0.15) is 0 Å². The van der Waals surface area contributed by atoms with Crippen molar-refractivity contribution in [1.29, 1.82) is 0 Å². The highest BCUT2D eigenvalue weighted by Gasteiger charge is 2.21. The van der Waals surface area contributed by atoms with E-state index in [0.717, 1.165) is 23.1 Å². The summed E-state index contributed by atoms with van der Waals surface area (Å²) in [5.41, 5.74) is 7.59. The van der Waals surface area contributed by atoms with Crippen molar-refractivity contribution in [2.24, 2.45) is 0 Å². The molecule has 8 heteroatoms. The molecule has 0 fully saturated rings. The molecule has 7 nitrogen and oxygen atoms in total. The molecule has 4 aromatic rings. The van der Waals surface area contributed by atoms with Crippen LogP contribution in [0.5, 0.6) is 0 Å². The van der Waals surface area contributed by atoms with Crippen LogP contribution in [0.3, 0.4) is 0 Å². The summed E-state index contributed by atoms with van der Waals surface area (Å²) in [6.07, 6.45) is 0.867. The predicted molar refractivity (Wildman–Crippen MR) is 140 cm³/mol. The zero-order valence-electron chi connectivity index (χ0n) is 19.6. The lowest BCUT2D eigenvalue weighted by molar-refractivity contribution is -0.133. The van der Waals surface area contributed by atoms with Crippen molar-refractivity contribution in [3.63, 3.8) is 0 Å². The first-order valence-corrected chi connectivity index (χ1v) is 11.5. The zero-order valence-corrected chi connectivity index (χ0v) is 20.4. The van der Waals surface area contributed by atoms with E-state index in [1.807, 2.05) is 45.0 Å². The molecule has 0 aliphatic carbocycles. The third-order valence-electron chi connectivity index (χ3n) is 5.80. The monoisotopic (exact) mass is 488 g/mol. The largest absolute Gasteiger partial charge is 0.328 e. The van der Waals surface area contributed by atoms with Crippen molar-refractivity contribution in [2.45, 2.75) is 27.2 Å². The van der Waals surface area contributed by atoms with Crippen molar-refractivity contribution >= 4 is 51.6 Å². The fourth-order valence-electron chi connectivity index (χ4n) is 3.65. The first kappa shape index (κ1) is 24.0. The second-order valence-corrected chi connectivity index (χ2v) is 8.70. The molecule has 1 heterocycles. The molecule has 3 aromatic carbocycles. The van der Waals surface area contributed by atoms with E-state index in [-0.39, 0.29) is 5.69 Å². The van der Waals surface area contributed by atoms with E-state index in [1.54, 1.807) is 42.5 Å². The van der Waals surface area contributed by atoms with Crippen LogP contribution in [0.4, 0.5) is 11.4 Å². The number of anilines is 2. The average molecular weight is 489 g/mol. The summed E-state index contributed by atoms with van der Waals surface area (Å²) in [6, 6.07) is 19.4. The third-order valence-corrected chi connectivity index (χ3v) is 6.04. The molecule has 4 rings (SSSR count). The Labute approximate surface area is 208 Å². The highest BCUT2D eigenvalue weighted by molar-refractivity contribution is 6.42. The number of hydrogen-bond acceptors (Lipinski definition) is 3. The lowest BCUT2D eigenvalue weighted by Crippen LogP contribution is -2.36. The molecular formula is C27H25ClN4O3. The molecule has 3 amide bonds. The van der Waals surface area contributed by atoms with Gasteiger partial charge in [0.2, 0.25) is 0 Å². The number of halogens is 1.